The van der Waals surface area contributed by atoms with Crippen LogP contribution in [0.5, 0.6) is 0 Å². The number of benzene rings is 1. The third-order valence-electron chi connectivity index (χ3n) is 2.55. The van der Waals surface area contributed by atoms with Crippen molar-refractivity contribution in [2.45, 2.75) is 19.4 Å². The van der Waals surface area contributed by atoms with Gasteiger partial charge in [-0.1, -0.05) is 28.1 Å². The maximum Gasteiger partial charge on any atom is 0.0924 e. The molecular weight excluding hydrogens is 284 g/mol. The summed E-state index contributed by atoms with van der Waals surface area (Å²) in [5.74, 6) is 0. The van der Waals surface area contributed by atoms with Crippen LogP contribution in [0.2, 0.25) is 0 Å². The second-order valence-corrected chi connectivity index (χ2v) is 5.68. The molecule has 0 aliphatic heterocycles. The van der Waals surface area contributed by atoms with Gasteiger partial charge in [0.25, 0.3) is 0 Å². The highest BCUT2D eigenvalue weighted by atomic mass is 79.9. The van der Waals surface area contributed by atoms with Gasteiger partial charge < -0.3 is 5.11 Å². The Hall–Kier alpha value is -0.640. The van der Waals surface area contributed by atoms with E-state index in [-0.39, 0.29) is 6.10 Å². The molecule has 0 bridgehead atoms. The lowest BCUT2D eigenvalue weighted by molar-refractivity contribution is 0.181. The summed E-state index contributed by atoms with van der Waals surface area (Å²) in [5, 5.41) is 12.1. The number of aliphatic hydroxyl groups is 1. The molecule has 2 aromatic rings. The molecule has 0 spiro atoms. The first-order valence-corrected chi connectivity index (χ1v) is 6.80. The fourth-order valence-corrected chi connectivity index (χ4v) is 2.84. The van der Waals surface area contributed by atoms with Gasteiger partial charge in [-0.15, -0.1) is 11.3 Å². The van der Waals surface area contributed by atoms with Crippen molar-refractivity contribution in [1.29, 1.82) is 0 Å². The summed E-state index contributed by atoms with van der Waals surface area (Å²) >= 11 is 5.02. The van der Waals surface area contributed by atoms with E-state index in [1.807, 2.05) is 42.6 Å². The van der Waals surface area contributed by atoms with Crippen LogP contribution in [0.4, 0.5) is 0 Å². The average Bonchev–Trinajstić information content (AvgIpc) is 2.68. The van der Waals surface area contributed by atoms with Crippen LogP contribution in [-0.2, 0) is 6.42 Å². The van der Waals surface area contributed by atoms with Crippen molar-refractivity contribution in [1.82, 2.24) is 0 Å². The second kappa shape index (κ2) is 5.13. The Bertz CT molecular complexity index is 461. The van der Waals surface area contributed by atoms with Crippen molar-refractivity contribution in [2.24, 2.45) is 0 Å². The number of hydrogen-bond acceptors (Lipinski definition) is 2. The molecule has 1 aromatic carbocycles. The number of aliphatic hydroxyl groups excluding tert-OH is 1. The Morgan fingerprint density at radius 2 is 1.94 bits per heavy atom. The minimum atomic E-state index is -0.388. The summed E-state index contributed by atoms with van der Waals surface area (Å²) in [5.41, 5.74) is 2.33. The molecule has 0 saturated heterocycles. The Balaban J connectivity index is 2.10. The molecule has 84 valence electrons. The molecule has 16 heavy (non-hydrogen) atoms. The van der Waals surface area contributed by atoms with E-state index < -0.39 is 0 Å². The van der Waals surface area contributed by atoms with Crippen LogP contribution in [0.25, 0.3) is 0 Å². The van der Waals surface area contributed by atoms with Crippen LogP contribution >= 0.6 is 27.3 Å². The molecule has 1 atom stereocenters. The van der Waals surface area contributed by atoms with E-state index in [0.29, 0.717) is 6.42 Å². The zero-order valence-corrected chi connectivity index (χ0v) is 11.4. The zero-order valence-electron chi connectivity index (χ0n) is 8.98. The van der Waals surface area contributed by atoms with Gasteiger partial charge in [-0.2, -0.15) is 0 Å². The van der Waals surface area contributed by atoms with E-state index >= 15 is 0 Å². The van der Waals surface area contributed by atoms with E-state index in [2.05, 4.69) is 15.9 Å². The Kier molecular flexibility index (Phi) is 3.79. The van der Waals surface area contributed by atoms with Crippen LogP contribution in [0.3, 0.4) is 0 Å². The Morgan fingerprint density at radius 3 is 2.50 bits per heavy atom. The van der Waals surface area contributed by atoms with Gasteiger partial charge in [0.15, 0.2) is 0 Å². The monoisotopic (exact) mass is 296 g/mol. The van der Waals surface area contributed by atoms with Gasteiger partial charge in [0.05, 0.1) is 6.10 Å². The number of hydrogen-bond donors (Lipinski definition) is 1. The normalized spacial score (nSPS) is 12.7. The molecule has 1 N–H and O–H groups in total. The summed E-state index contributed by atoms with van der Waals surface area (Å²) in [6.45, 7) is 2.04. The topological polar surface area (TPSA) is 20.2 Å². The van der Waals surface area contributed by atoms with Gasteiger partial charge in [-0.05, 0) is 41.6 Å². The number of aryl methyl sites for hydroxylation is 1. The van der Waals surface area contributed by atoms with Gasteiger partial charge in [-0.3, -0.25) is 0 Å². The molecule has 0 aliphatic rings. The minimum absolute atomic E-state index is 0.388. The predicted molar refractivity (Wildman–Crippen MR) is 71.9 cm³/mol. The third-order valence-corrected chi connectivity index (χ3v) is 4.20. The highest BCUT2D eigenvalue weighted by molar-refractivity contribution is 9.10. The lowest BCUT2D eigenvalue weighted by atomic mass is 10.1. The van der Waals surface area contributed by atoms with Gasteiger partial charge in [0.2, 0.25) is 0 Å². The van der Waals surface area contributed by atoms with E-state index in [1.54, 1.807) is 11.3 Å². The first-order valence-electron chi connectivity index (χ1n) is 5.13. The highest BCUT2D eigenvalue weighted by Gasteiger charge is 2.12. The molecule has 0 fully saturated rings. The van der Waals surface area contributed by atoms with Gasteiger partial charge in [0, 0.05) is 15.8 Å². The maximum absolute atomic E-state index is 10.1. The average molecular weight is 297 g/mol. The summed E-state index contributed by atoms with van der Waals surface area (Å²) in [6.07, 6.45) is 0.287. The molecule has 0 radical (unpaired) electrons. The largest absolute Gasteiger partial charge is 0.387 e. The second-order valence-electron chi connectivity index (χ2n) is 3.81. The molecule has 1 heterocycles. The van der Waals surface area contributed by atoms with Crippen molar-refractivity contribution in [3.63, 3.8) is 0 Å². The zero-order chi connectivity index (χ0) is 11.5. The summed E-state index contributed by atoms with van der Waals surface area (Å²) in [4.78, 5) is 1.07. The quantitative estimate of drug-likeness (QED) is 0.904. The van der Waals surface area contributed by atoms with Crippen LogP contribution in [0.1, 0.15) is 22.1 Å². The van der Waals surface area contributed by atoms with Gasteiger partial charge in [0.1, 0.15) is 0 Å². The van der Waals surface area contributed by atoms with Gasteiger partial charge >= 0.3 is 0 Å². The molecule has 1 aromatic heterocycles. The van der Waals surface area contributed by atoms with E-state index in [0.717, 1.165) is 14.9 Å². The van der Waals surface area contributed by atoms with Crippen molar-refractivity contribution >= 4 is 27.3 Å². The predicted octanol–water partition coefficient (Wildman–Crippen LogP) is 4.10. The maximum atomic E-state index is 10.1. The number of halogens is 1. The highest BCUT2D eigenvalue weighted by Crippen LogP contribution is 2.26. The number of thiophene rings is 1. The summed E-state index contributed by atoms with van der Waals surface area (Å²) in [7, 11) is 0. The SMILES string of the molecule is Cc1ccsc1C(O)Cc1ccc(Br)cc1. The first-order chi connectivity index (χ1) is 7.66. The summed E-state index contributed by atoms with van der Waals surface area (Å²) in [6, 6.07) is 10.1. The Labute approximate surface area is 108 Å². The molecule has 0 aliphatic carbocycles. The van der Waals surface area contributed by atoms with Crippen LogP contribution < -0.4 is 0 Å². The molecule has 3 heteroatoms. The Morgan fingerprint density at radius 1 is 1.25 bits per heavy atom. The van der Waals surface area contributed by atoms with Crippen molar-refractivity contribution < 1.29 is 5.11 Å². The lowest BCUT2D eigenvalue weighted by Gasteiger charge is -2.10. The van der Waals surface area contributed by atoms with E-state index in [1.165, 1.54) is 5.56 Å². The molecule has 1 unspecified atom stereocenters. The van der Waals surface area contributed by atoms with Crippen LogP contribution in [0.15, 0.2) is 40.2 Å². The van der Waals surface area contributed by atoms with Gasteiger partial charge in [-0.25, -0.2) is 0 Å². The van der Waals surface area contributed by atoms with Crippen LogP contribution in [0, 0.1) is 6.92 Å². The molecule has 0 amide bonds. The fourth-order valence-electron chi connectivity index (χ4n) is 1.66. The summed E-state index contributed by atoms with van der Waals surface area (Å²) < 4.78 is 1.07. The minimum Gasteiger partial charge on any atom is -0.387 e. The molecule has 2 rings (SSSR count). The number of rotatable bonds is 3. The van der Waals surface area contributed by atoms with Crippen molar-refractivity contribution in [3.8, 4) is 0 Å². The third kappa shape index (κ3) is 2.73. The molecule has 0 saturated carbocycles. The van der Waals surface area contributed by atoms with Crippen molar-refractivity contribution in [3.05, 3.63) is 56.2 Å². The van der Waals surface area contributed by atoms with E-state index in [4.69, 9.17) is 0 Å². The van der Waals surface area contributed by atoms with Crippen LogP contribution in [-0.4, -0.2) is 5.11 Å². The smallest absolute Gasteiger partial charge is 0.0924 e. The molecular formula is C13H13BrOS. The molecule has 1 nitrogen and oxygen atoms in total. The lowest BCUT2D eigenvalue weighted by Crippen LogP contribution is -2.00. The van der Waals surface area contributed by atoms with E-state index in [9.17, 15) is 5.11 Å². The first kappa shape index (κ1) is 11.8. The standard InChI is InChI=1S/C13H13BrOS/c1-9-6-7-16-13(9)12(15)8-10-2-4-11(14)5-3-10/h2-7,12,15H,8H2,1H3. The fraction of sp³-hybridized carbons (Fsp3) is 0.231. The van der Waals surface area contributed by atoms with Crippen molar-refractivity contribution in [2.75, 3.05) is 0 Å².